The van der Waals surface area contributed by atoms with Crippen molar-refractivity contribution >= 4 is 51.5 Å². The molecule has 2 aromatic carbocycles. The van der Waals surface area contributed by atoms with Crippen LogP contribution in [0, 0.1) is 5.41 Å². The number of fused-ring (bicyclic) bond motifs is 1. The Morgan fingerprint density at radius 2 is 1.58 bits per heavy atom. The number of para-hydroxylation sites is 1. The number of halogens is 3. The second-order valence-electron chi connectivity index (χ2n) is 11.4. The van der Waals surface area contributed by atoms with Gasteiger partial charge in [0.2, 0.25) is 0 Å². The number of hydrogen-bond donors (Lipinski definition) is 1. The van der Waals surface area contributed by atoms with Crippen LogP contribution in [0.4, 0.5) is 5.82 Å². The number of rotatable bonds is 4. The lowest BCUT2D eigenvalue weighted by Crippen LogP contribution is -2.59. The van der Waals surface area contributed by atoms with Gasteiger partial charge in [0.05, 0.1) is 26.9 Å². The van der Waals surface area contributed by atoms with Crippen LogP contribution in [0.1, 0.15) is 34.1 Å². The SMILES string of the molecule is CN1CC(C)(C)C(Nc2cc3c(ccc(=O)n3-c3c(Cl)cccc3Cl)c(-c3ccccc3Cl)n2)CC1(C)C. The van der Waals surface area contributed by atoms with Crippen LogP contribution in [0.5, 0.6) is 0 Å². The summed E-state index contributed by atoms with van der Waals surface area (Å²) in [6.07, 6.45) is 0.926. The molecule has 1 unspecified atom stereocenters. The Morgan fingerprint density at radius 1 is 0.921 bits per heavy atom. The molecule has 1 aliphatic rings. The van der Waals surface area contributed by atoms with E-state index in [9.17, 15) is 4.79 Å². The number of aromatic nitrogens is 2. The van der Waals surface area contributed by atoms with E-state index in [0.717, 1.165) is 23.9 Å². The number of benzene rings is 2. The number of pyridine rings is 2. The highest BCUT2D eigenvalue weighted by Crippen LogP contribution is 2.40. The van der Waals surface area contributed by atoms with E-state index < -0.39 is 0 Å². The zero-order valence-electron chi connectivity index (χ0n) is 22.1. The van der Waals surface area contributed by atoms with E-state index in [1.807, 2.05) is 30.3 Å². The van der Waals surface area contributed by atoms with Gasteiger partial charge in [-0.05, 0) is 57.0 Å². The number of anilines is 1. The average Bonchev–Trinajstić information content (AvgIpc) is 2.83. The van der Waals surface area contributed by atoms with E-state index in [-0.39, 0.29) is 22.6 Å². The highest BCUT2D eigenvalue weighted by molar-refractivity contribution is 6.38. The lowest BCUT2D eigenvalue weighted by molar-refractivity contribution is 0.0226. The fourth-order valence-corrected chi connectivity index (χ4v) is 6.19. The van der Waals surface area contributed by atoms with Crippen molar-refractivity contribution in [2.24, 2.45) is 5.41 Å². The van der Waals surface area contributed by atoms with Gasteiger partial charge in [-0.1, -0.05) is 72.9 Å². The molecule has 1 atom stereocenters. The highest BCUT2D eigenvalue weighted by atomic mass is 35.5. The summed E-state index contributed by atoms with van der Waals surface area (Å²) >= 11 is 19.9. The van der Waals surface area contributed by atoms with Crippen LogP contribution in [0.2, 0.25) is 15.1 Å². The molecule has 1 fully saturated rings. The van der Waals surface area contributed by atoms with E-state index in [0.29, 0.717) is 37.8 Å². The van der Waals surface area contributed by atoms with Crippen molar-refractivity contribution in [3.8, 4) is 16.9 Å². The molecule has 1 saturated heterocycles. The Labute approximate surface area is 238 Å². The smallest absolute Gasteiger partial charge is 0.255 e. The molecular weight excluding hydrogens is 539 g/mol. The maximum atomic E-state index is 13.4. The van der Waals surface area contributed by atoms with Gasteiger partial charge in [-0.3, -0.25) is 9.36 Å². The summed E-state index contributed by atoms with van der Waals surface area (Å²) in [5.74, 6) is 0.661. The molecule has 2 aromatic heterocycles. The monoisotopic (exact) mass is 568 g/mol. The van der Waals surface area contributed by atoms with Crippen LogP contribution >= 0.6 is 34.8 Å². The van der Waals surface area contributed by atoms with Gasteiger partial charge in [0.1, 0.15) is 5.82 Å². The summed E-state index contributed by atoms with van der Waals surface area (Å²) < 4.78 is 1.57. The molecule has 5 nitrogen and oxygen atoms in total. The molecule has 0 aliphatic carbocycles. The Balaban J connectivity index is 1.78. The number of likely N-dealkylation sites (tertiary alicyclic amines) is 1. The molecule has 8 heteroatoms. The van der Waals surface area contributed by atoms with E-state index in [1.54, 1.807) is 28.8 Å². The van der Waals surface area contributed by atoms with E-state index in [1.165, 1.54) is 6.07 Å². The summed E-state index contributed by atoms with van der Waals surface area (Å²) in [6, 6.07) is 18.2. The zero-order chi connectivity index (χ0) is 27.4. The Kier molecular flexibility index (Phi) is 7.02. The fraction of sp³-hybridized carbons (Fsp3) is 0.333. The lowest BCUT2D eigenvalue weighted by Gasteiger charge is -2.52. The summed E-state index contributed by atoms with van der Waals surface area (Å²) in [7, 11) is 2.17. The van der Waals surface area contributed by atoms with Crippen molar-refractivity contribution < 1.29 is 0 Å². The molecule has 4 aromatic rings. The molecule has 198 valence electrons. The summed E-state index contributed by atoms with van der Waals surface area (Å²) in [5.41, 5.74) is 2.30. The second-order valence-corrected chi connectivity index (χ2v) is 12.6. The first-order valence-electron chi connectivity index (χ1n) is 12.6. The summed E-state index contributed by atoms with van der Waals surface area (Å²) in [4.78, 5) is 20.8. The van der Waals surface area contributed by atoms with Crippen molar-refractivity contribution in [2.45, 2.75) is 45.7 Å². The van der Waals surface area contributed by atoms with Crippen LogP contribution in [-0.2, 0) is 0 Å². The molecule has 0 spiro atoms. The zero-order valence-corrected chi connectivity index (χ0v) is 24.4. The summed E-state index contributed by atoms with van der Waals surface area (Å²) in [6.45, 7) is 9.99. The average molecular weight is 570 g/mol. The quantitative estimate of drug-likeness (QED) is 0.271. The molecule has 1 N–H and O–H groups in total. The van der Waals surface area contributed by atoms with E-state index in [4.69, 9.17) is 39.8 Å². The molecular formula is C30H31Cl3N4O. The number of nitrogens with zero attached hydrogens (tertiary/aromatic N) is 3. The van der Waals surface area contributed by atoms with Gasteiger partial charge >= 0.3 is 0 Å². The van der Waals surface area contributed by atoms with Gasteiger partial charge in [-0.25, -0.2) is 4.98 Å². The minimum Gasteiger partial charge on any atom is -0.367 e. The molecule has 0 radical (unpaired) electrons. The first-order chi connectivity index (χ1) is 17.9. The van der Waals surface area contributed by atoms with Gasteiger partial charge in [0.15, 0.2) is 0 Å². The third-order valence-corrected chi connectivity index (χ3v) is 8.77. The standard InChI is InChI=1S/C30H31Cl3N4O/c1-29(2)17-36(5)30(3,4)16-24(29)34-25-15-23-19(27(35-25)18-9-6-7-10-20(18)31)13-14-26(38)37(23)28-21(32)11-8-12-22(28)33/h6-15,24H,16-17H2,1-5H3,(H,34,35). The van der Waals surface area contributed by atoms with Crippen LogP contribution in [0.3, 0.4) is 0 Å². The summed E-state index contributed by atoms with van der Waals surface area (Å²) in [5, 5.41) is 5.85. The molecule has 38 heavy (non-hydrogen) atoms. The number of nitrogens with one attached hydrogen (secondary N) is 1. The van der Waals surface area contributed by atoms with E-state index >= 15 is 0 Å². The van der Waals surface area contributed by atoms with Crippen LogP contribution < -0.4 is 10.9 Å². The largest absolute Gasteiger partial charge is 0.367 e. The molecule has 1 aliphatic heterocycles. The van der Waals surface area contributed by atoms with Crippen molar-refractivity contribution in [3.63, 3.8) is 0 Å². The Morgan fingerprint density at radius 3 is 2.26 bits per heavy atom. The first-order valence-corrected chi connectivity index (χ1v) is 13.8. The van der Waals surface area contributed by atoms with Crippen LogP contribution in [-0.4, -0.2) is 39.6 Å². The Bertz CT molecular complexity index is 1570. The first kappa shape index (κ1) is 27.0. The second kappa shape index (κ2) is 9.87. The predicted octanol–water partition coefficient (Wildman–Crippen LogP) is 7.93. The lowest BCUT2D eigenvalue weighted by atomic mass is 9.72. The highest BCUT2D eigenvalue weighted by Gasteiger charge is 2.43. The number of piperidine rings is 1. The van der Waals surface area contributed by atoms with Crippen molar-refractivity contribution in [3.05, 3.63) is 86.1 Å². The third kappa shape index (κ3) is 4.82. The third-order valence-electron chi connectivity index (χ3n) is 7.83. The van der Waals surface area contributed by atoms with E-state index in [2.05, 4.69) is 45.0 Å². The van der Waals surface area contributed by atoms with Gasteiger partial charge in [-0.2, -0.15) is 0 Å². The molecule has 3 heterocycles. The molecule has 0 saturated carbocycles. The molecule has 0 amide bonds. The molecule has 0 bridgehead atoms. The topological polar surface area (TPSA) is 50.2 Å². The van der Waals surface area contributed by atoms with Crippen molar-refractivity contribution in [2.75, 3.05) is 18.9 Å². The van der Waals surface area contributed by atoms with Gasteiger partial charge < -0.3 is 10.2 Å². The Hall–Kier alpha value is -2.57. The van der Waals surface area contributed by atoms with Gasteiger partial charge in [0.25, 0.3) is 5.56 Å². The minimum absolute atomic E-state index is 0.0167. The maximum absolute atomic E-state index is 13.4. The molecule has 5 rings (SSSR count). The minimum atomic E-state index is -0.240. The number of hydrogen-bond acceptors (Lipinski definition) is 4. The normalized spacial score (nSPS) is 19.0. The van der Waals surface area contributed by atoms with Crippen molar-refractivity contribution in [1.29, 1.82) is 0 Å². The van der Waals surface area contributed by atoms with Gasteiger partial charge in [-0.15, -0.1) is 0 Å². The van der Waals surface area contributed by atoms with Crippen molar-refractivity contribution in [1.82, 2.24) is 14.5 Å². The van der Waals surface area contributed by atoms with Crippen LogP contribution in [0.15, 0.2) is 65.5 Å². The van der Waals surface area contributed by atoms with Gasteiger partial charge in [0, 0.05) is 46.2 Å². The fourth-order valence-electron chi connectivity index (χ4n) is 5.40. The predicted molar refractivity (Wildman–Crippen MR) is 160 cm³/mol. The van der Waals surface area contributed by atoms with Crippen LogP contribution in [0.25, 0.3) is 27.8 Å². The maximum Gasteiger partial charge on any atom is 0.255 e.